The molecule has 3 nitrogen and oxygen atoms in total. The normalized spacial score (nSPS) is 16.6. The number of hydrogen-bond donors (Lipinski definition) is 2. The molecule has 1 saturated carbocycles. The molecule has 0 radical (unpaired) electrons. The molecule has 0 bridgehead atoms. The van der Waals surface area contributed by atoms with Crippen LogP contribution < -0.4 is 5.32 Å². The molecule has 2 rings (SSSR count). The first-order valence-electron chi connectivity index (χ1n) is 4.75. The summed E-state index contributed by atoms with van der Waals surface area (Å²) in [5, 5.41) is 2.93. The Bertz CT molecular complexity index is 275. The van der Waals surface area contributed by atoms with Crippen molar-refractivity contribution in [3.05, 3.63) is 24.0 Å². The summed E-state index contributed by atoms with van der Waals surface area (Å²) in [4.78, 5) is 14.4. The van der Waals surface area contributed by atoms with E-state index in [0.29, 0.717) is 12.5 Å². The van der Waals surface area contributed by atoms with Crippen LogP contribution in [0.4, 0.5) is 0 Å². The van der Waals surface area contributed by atoms with E-state index in [1.54, 1.807) is 0 Å². The van der Waals surface area contributed by atoms with E-state index in [0.717, 1.165) is 18.4 Å². The summed E-state index contributed by atoms with van der Waals surface area (Å²) in [6.07, 6.45) is 7.12. The van der Waals surface area contributed by atoms with Crippen LogP contribution in [-0.2, 0) is 11.3 Å². The molecule has 1 aliphatic carbocycles. The molecule has 3 heteroatoms. The maximum Gasteiger partial charge on any atom is 0.223 e. The Kier molecular flexibility index (Phi) is 2.34. The third-order valence-electron chi connectivity index (χ3n) is 2.61. The average Bonchev–Trinajstić information content (AvgIpc) is 2.49. The first kappa shape index (κ1) is 8.35. The second kappa shape index (κ2) is 3.64. The predicted octanol–water partition coefficient (Wildman–Crippen LogP) is 1.43. The molecule has 70 valence electrons. The van der Waals surface area contributed by atoms with Crippen LogP contribution >= 0.6 is 0 Å². The summed E-state index contributed by atoms with van der Waals surface area (Å²) in [5.41, 5.74) is 1.13. The summed E-state index contributed by atoms with van der Waals surface area (Å²) in [6.45, 7) is 0.652. The lowest BCUT2D eigenvalue weighted by Gasteiger charge is -2.23. The molecule has 1 aliphatic rings. The van der Waals surface area contributed by atoms with Crippen LogP contribution in [0.1, 0.15) is 24.8 Å². The van der Waals surface area contributed by atoms with Crippen molar-refractivity contribution in [1.29, 1.82) is 0 Å². The minimum Gasteiger partial charge on any atom is -0.367 e. The van der Waals surface area contributed by atoms with E-state index < -0.39 is 0 Å². The summed E-state index contributed by atoms with van der Waals surface area (Å²) in [7, 11) is 0. The van der Waals surface area contributed by atoms with E-state index >= 15 is 0 Å². The van der Waals surface area contributed by atoms with Gasteiger partial charge in [0.25, 0.3) is 0 Å². The lowest BCUT2D eigenvalue weighted by Crippen LogP contribution is -2.33. The number of hydrogen-bond acceptors (Lipinski definition) is 1. The van der Waals surface area contributed by atoms with Crippen molar-refractivity contribution in [2.45, 2.75) is 25.8 Å². The van der Waals surface area contributed by atoms with Gasteiger partial charge >= 0.3 is 0 Å². The largest absolute Gasteiger partial charge is 0.367 e. The van der Waals surface area contributed by atoms with E-state index in [2.05, 4.69) is 10.3 Å². The molecule has 0 aromatic carbocycles. The SMILES string of the molecule is O=C(NCc1cc[nH]c1)C1CCC1. The van der Waals surface area contributed by atoms with Crippen molar-refractivity contribution >= 4 is 5.91 Å². The highest BCUT2D eigenvalue weighted by atomic mass is 16.1. The first-order chi connectivity index (χ1) is 6.36. The topological polar surface area (TPSA) is 44.9 Å². The molecule has 1 aromatic rings. The number of rotatable bonds is 3. The number of carbonyl (C=O) groups is 1. The fourth-order valence-corrected chi connectivity index (χ4v) is 1.47. The molecule has 0 unspecified atom stereocenters. The van der Waals surface area contributed by atoms with Crippen molar-refractivity contribution in [3.63, 3.8) is 0 Å². The van der Waals surface area contributed by atoms with Crippen molar-refractivity contribution < 1.29 is 4.79 Å². The summed E-state index contributed by atoms with van der Waals surface area (Å²) < 4.78 is 0. The van der Waals surface area contributed by atoms with Crippen LogP contribution in [0.3, 0.4) is 0 Å². The maximum absolute atomic E-state index is 11.4. The molecule has 2 N–H and O–H groups in total. The quantitative estimate of drug-likeness (QED) is 0.722. The Hall–Kier alpha value is -1.25. The monoisotopic (exact) mass is 178 g/mol. The van der Waals surface area contributed by atoms with Gasteiger partial charge in [-0.3, -0.25) is 4.79 Å². The first-order valence-corrected chi connectivity index (χ1v) is 4.75. The molecule has 0 atom stereocenters. The average molecular weight is 178 g/mol. The van der Waals surface area contributed by atoms with Gasteiger partial charge in [0.05, 0.1) is 0 Å². The zero-order chi connectivity index (χ0) is 9.10. The number of aromatic nitrogens is 1. The van der Waals surface area contributed by atoms with Gasteiger partial charge in [0.15, 0.2) is 0 Å². The lowest BCUT2D eigenvalue weighted by atomic mass is 9.85. The fourth-order valence-electron chi connectivity index (χ4n) is 1.47. The van der Waals surface area contributed by atoms with E-state index in [4.69, 9.17) is 0 Å². The van der Waals surface area contributed by atoms with Crippen LogP contribution in [0.5, 0.6) is 0 Å². The molecule has 1 fully saturated rings. The molecule has 1 heterocycles. The summed E-state index contributed by atoms with van der Waals surface area (Å²) >= 11 is 0. The van der Waals surface area contributed by atoms with Crippen LogP contribution in [0.15, 0.2) is 18.5 Å². The third-order valence-corrected chi connectivity index (χ3v) is 2.61. The van der Waals surface area contributed by atoms with E-state index in [9.17, 15) is 4.79 Å². The summed E-state index contributed by atoms with van der Waals surface area (Å²) in [6, 6.07) is 1.97. The molecular weight excluding hydrogens is 164 g/mol. The molecule has 0 aliphatic heterocycles. The van der Waals surface area contributed by atoms with Crippen molar-refractivity contribution in [2.24, 2.45) is 5.92 Å². The summed E-state index contributed by atoms with van der Waals surface area (Å²) in [5.74, 6) is 0.506. The van der Waals surface area contributed by atoms with Crippen molar-refractivity contribution in [3.8, 4) is 0 Å². The van der Waals surface area contributed by atoms with Gasteiger partial charge in [0.1, 0.15) is 0 Å². The number of nitrogens with one attached hydrogen (secondary N) is 2. The molecule has 0 spiro atoms. The third kappa shape index (κ3) is 1.91. The molecule has 1 amide bonds. The Morgan fingerprint density at radius 1 is 1.62 bits per heavy atom. The molecular formula is C10H14N2O. The van der Waals surface area contributed by atoms with Crippen molar-refractivity contribution in [2.75, 3.05) is 0 Å². The van der Waals surface area contributed by atoms with Gasteiger partial charge in [0.2, 0.25) is 5.91 Å². The van der Waals surface area contributed by atoms with Crippen LogP contribution in [-0.4, -0.2) is 10.9 Å². The van der Waals surface area contributed by atoms with Gasteiger partial charge in [-0.1, -0.05) is 6.42 Å². The van der Waals surface area contributed by atoms with Gasteiger partial charge in [0, 0.05) is 24.9 Å². The Balaban J connectivity index is 1.76. The smallest absolute Gasteiger partial charge is 0.223 e. The molecule has 0 saturated heterocycles. The van der Waals surface area contributed by atoms with Crippen LogP contribution in [0.25, 0.3) is 0 Å². The number of amides is 1. The lowest BCUT2D eigenvalue weighted by molar-refractivity contribution is -0.127. The van der Waals surface area contributed by atoms with Gasteiger partial charge in [-0.2, -0.15) is 0 Å². The highest BCUT2D eigenvalue weighted by Gasteiger charge is 2.24. The van der Waals surface area contributed by atoms with Gasteiger partial charge in [-0.25, -0.2) is 0 Å². The second-order valence-electron chi connectivity index (χ2n) is 3.56. The van der Waals surface area contributed by atoms with E-state index in [-0.39, 0.29) is 5.91 Å². The zero-order valence-electron chi connectivity index (χ0n) is 7.55. The minimum atomic E-state index is 0.215. The molecule has 13 heavy (non-hydrogen) atoms. The highest BCUT2D eigenvalue weighted by molar-refractivity contribution is 5.79. The Morgan fingerprint density at radius 3 is 3.00 bits per heavy atom. The minimum absolute atomic E-state index is 0.215. The molecule has 1 aromatic heterocycles. The Labute approximate surface area is 77.5 Å². The Morgan fingerprint density at radius 2 is 2.46 bits per heavy atom. The van der Waals surface area contributed by atoms with Gasteiger partial charge in [-0.15, -0.1) is 0 Å². The van der Waals surface area contributed by atoms with Gasteiger partial charge in [-0.05, 0) is 24.5 Å². The van der Waals surface area contributed by atoms with E-state index in [1.807, 2.05) is 18.5 Å². The highest BCUT2D eigenvalue weighted by Crippen LogP contribution is 2.26. The zero-order valence-corrected chi connectivity index (χ0v) is 7.55. The van der Waals surface area contributed by atoms with Crippen molar-refractivity contribution in [1.82, 2.24) is 10.3 Å². The second-order valence-corrected chi connectivity index (χ2v) is 3.56. The van der Waals surface area contributed by atoms with Crippen LogP contribution in [0.2, 0.25) is 0 Å². The number of H-pyrrole nitrogens is 1. The number of aromatic amines is 1. The van der Waals surface area contributed by atoms with E-state index in [1.165, 1.54) is 6.42 Å². The predicted molar refractivity (Wildman–Crippen MR) is 50.0 cm³/mol. The number of carbonyl (C=O) groups excluding carboxylic acids is 1. The standard InChI is InChI=1S/C10H14N2O/c13-10(9-2-1-3-9)12-7-8-4-5-11-6-8/h4-6,9,11H,1-3,7H2,(H,12,13). The van der Waals surface area contributed by atoms with Crippen LogP contribution in [0, 0.1) is 5.92 Å². The fraction of sp³-hybridized carbons (Fsp3) is 0.500. The maximum atomic E-state index is 11.4. The van der Waals surface area contributed by atoms with Gasteiger partial charge < -0.3 is 10.3 Å².